The molecule has 0 bridgehead atoms. The van der Waals surface area contributed by atoms with Crippen molar-refractivity contribution in [1.82, 2.24) is 10.2 Å². The lowest BCUT2D eigenvalue weighted by Gasteiger charge is -2.40. The van der Waals surface area contributed by atoms with Gasteiger partial charge in [-0.1, -0.05) is 6.07 Å². The lowest BCUT2D eigenvalue weighted by atomic mass is 9.94. The molecule has 2 atom stereocenters. The summed E-state index contributed by atoms with van der Waals surface area (Å²) in [7, 11) is 3.07. The Hall–Kier alpha value is -2.10. The number of rotatable bonds is 8. The fourth-order valence-electron chi connectivity index (χ4n) is 3.11. The van der Waals surface area contributed by atoms with Crippen LogP contribution in [0, 0.1) is 11.6 Å². The maximum Gasteiger partial charge on any atom is 0.338 e. The summed E-state index contributed by atoms with van der Waals surface area (Å²) >= 11 is 5.46. The Morgan fingerprint density at radius 3 is 2.57 bits per heavy atom. The summed E-state index contributed by atoms with van der Waals surface area (Å²) in [5, 5.41) is 3.40. The number of nitrogens with zero attached hydrogens (tertiary/aromatic N) is 1. The van der Waals surface area contributed by atoms with Crippen molar-refractivity contribution in [1.29, 1.82) is 0 Å². The van der Waals surface area contributed by atoms with Gasteiger partial charge in [-0.15, -0.1) is 0 Å². The monoisotopic (exact) mass is 414 g/mol. The van der Waals surface area contributed by atoms with E-state index in [0.717, 1.165) is 12.1 Å². The molecule has 0 unspecified atom stereocenters. The molecule has 1 aromatic carbocycles. The van der Waals surface area contributed by atoms with E-state index in [0.29, 0.717) is 23.0 Å². The Labute approximate surface area is 168 Å². The second kappa shape index (κ2) is 9.90. The van der Waals surface area contributed by atoms with Crippen molar-refractivity contribution in [3.8, 4) is 0 Å². The fourth-order valence-corrected chi connectivity index (χ4v) is 3.54. The second-order valence-electron chi connectivity index (χ2n) is 6.36. The number of allylic oxidation sites excluding steroid dienone is 1. The van der Waals surface area contributed by atoms with Crippen LogP contribution in [0.25, 0.3) is 0 Å². The van der Waals surface area contributed by atoms with Crippen LogP contribution in [-0.4, -0.2) is 56.1 Å². The molecule has 28 heavy (non-hydrogen) atoms. The topological polar surface area (TPSA) is 60.0 Å². The molecule has 1 aromatic rings. The van der Waals surface area contributed by atoms with E-state index in [4.69, 9.17) is 26.4 Å². The van der Waals surface area contributed by atoms with Crippen molar-refractivity contribution in [2.75, 3.05) is 34.0 Å². The highest BCUT2D eigenvalue weighted by molar-refractivity contribution is 7.80. The summed E-state index contributed by atoms with van der Waals surface area (Å²) in [6.45, 7) is 4.31. The lowest BCUT2D eigenvalue weighted by molar-refractivity contribution is -0.140. The fraction of sp³-hybridized carbons (Fsp3) is 0.474. The van der Waals surface area contributed by atoms with E-state index in [-0.39, 0.29) is 24.8 Å². The summed E-state index contributed by atoms with van der Waals surface area (Å²) in [6, 6.07) is 2.53. The summed E-state index contributed by atoms with van der Waals surface area (Å²) in [5.74, 6) is -2.57. The van der Waals surface area contributed by atoms with Crippen molar-refractivity contribution < 1.29 is 27.8 Å². The van der Waals surface area contributed by atoms with Gasteiger partial charge in [-0.25, -0.2) is 13.6 Å². The van der Waals surface area contributed by atoms with Crippen molar-refractivity contribution >= 4 is 23.3 Å². The maximum atomic E-state index is 13.8. The molecular formula is C19H24F2N2O4S. The van der Waals surface area contributed by atoms with Crippen LogP contribution in [0.15, 0.2) is 29.5 Å². The van der Waals surface area contributed by atoms with E-state index in [1.54, 1.807) is 18.9 Å². The number of benzene rings is 1. The molecule has 1 heterocycles. The molecule has 0 aliphatic carbocycles. The summed E-state index contributed by atoms with van der Waals surface area (Å²) in [6.07, 6.45) is 0. The van der Waals surface area contributed by atoms with Crippen LogP contribution in [0.2, 0.25) is 0 Å². The number of methoxy groups -OCH3 is 2. The zero-order chi connectivity index (χ0) is 20.8. The van der Waals surface area contributed by atoms with Gasteiger partial charge in [0.25, 0.3) is 0 Å². The SMILES string of the molecule is COCCOC(=O)C1=C(C)N([C@@H](C)COC)C(=S)N[C@@H]1c1ccc(F)c(F)c1. The number of carbonyl (C=O) groups excluding carboxylic acids is 1. The Morgan fingerprint density at radius 1 is 1.25 bits per heavy atom. The number of hydrogen-bond acceptors (Lipinski definition) is 5. The molecule has 6 nitrogen and oxygen atoms in total. The van der Waals surface area contributed by atoms with Crippen molar-refractivity contribution in [3.05, 3.63) is 46.7 Å². The van der Waals surface area contributed by atoms with Crippen molar-refractivity contribution in [2.45, 2.75) is 25.9 Å². The molecule has 1 N–H and O–H groups in total. The normalized spacial score (nSPS) is 18.1. The van der Waals surface area contributed by atoms with E-state index >= 15 is 0 Å². The van der Waals surface area contributed by atoms with Crippen LogP contribution >= 0.6 is 12.2 Å². The third kappa shape index (κ3) is 4.84. The minimum atomic E-state index is -1.01. The van der Waals surface area contributed by atoms with Gasteiger partial charge in [-0.05, 0) is 43.8 Å². The molecule has 0 fully saturated rings. The minimum Gasteiger partial charge on any atom is -0.460 e. The number of thiocarbonyl (C=S) groups is 1. The summed E-state index contributed by atoms with van der Waals surface area (Å²) in [4.78, 5) is 14.6. The molecule has 0 saturated carbocycles. The first-order valence-electron chi connectivity index (χ1n) is 8.72. The first-order valence-corrected chi connectivity index (χ1v) is 9.13. The summed E-state index contributed by atoms with van der Waals surface area (Å²) < 4.78 is 42.6. The van der Waals surface area contributed by atoms with Gasteiger partial charge in [-0.2, -0.15) is 0 Å². The van der Waals surface area contributed by atoms with Crippen LogP contribution in [-0.2, 0) is 19.0 Å². The highest BCUT2D eigenvalue weighted by atomic mass is 32.1. The van der Waals surface area contributed by atoms with Gasteiger partial charge in [0.1, 0.15) is 6.61 Å². The zero-order valence-electron chi connectivity index (χ0n) is 16.3. The standard InChI is InChI=1S/C19H24F2N2O4S/c1-11(10-26-4)23-12(2)16(18(24)27-8-7-25-3)17(22-19(23)28)13-5-6-14(20)15(21)9-13/h5-6,9,11,17H,7-8,10H2,1-4H3,(H,22,28)/t11-,17+/m0/s1. The van der Waals surface area contributed by atoms with E-state index < -0.39 is 23.6 Å². The highest BCUT2D eigenvalue weighted by Gasteiger charge is 2.36. The van der Waals surface area contributed by atoms with Crippen LogP contribution in [0.5, 0.6) is 0 Å². The van der Waals surface area contributed by atoms with Crippen molar-refractivity contribution in [3.63, 3.8) is 0 Å². The predicted octanol–water partition coefficient (Wildman–Crippen LogP) is 2.69. The molecule has 9 heteroatoms. The molecule has 0 spiro atoms. The Balaban J connectivity index is 2.48. The average molecular weight is 414 g/mol. The number of ether oxygens (including phenoxy) is 3. The second-order valence-corrected chi connectivity index (χ2v) is 6.74. The highest BCUT2D eigenvalue weighted by Crippen LogP contribution is 2.33. The van der Waals surface area contributed by atoms with Crippen molar-refractivity contribution in [2.24, 2.45) is 0 Å². The van der Waals surface area contributed by atoms with Crippen LogP contribution < -0.4 is 5.32 Å². The number of halogens is 2. The molecule has 2 rings (SSSR count). The largest absolute Gasteiger partial charge is 0.460 e. The Morgan fingerprint density at radius 2 is 1.96 bits per heavy atom. The van der Waals surface area contributed by atoms with E-state index in [1.165, 1.54) is 13.2 Å². The average Bonchev–Trinajstić information content (AvgIpc) is 2.63. The van der Waals surface area contributed by atoms with Crippen LogP contribution in [0.3, 0.4) is 0 Å². The first-order chi connectivity index (χ1) is 13.3. The Kier molecular flexibility index (Phi) is 7.85. The van der Waals surface area contributed by atoms with E-state index in [9.17, 15) is 13.6 Å². The number of carbonyl (C=O) groups is 1. The maximum absolute atomic E-state index is 13.8. The molecule has 0 saturated heterocycles. The van der Waals surface area contributed by atoms with Gasteiger partial charge in [0.05, 0.1) is 30.9 Å². The first kappa shape index (κ1) is 22.2. The minimum absolute atomic E-state index is 0.0642. The quantitative estimate of drug-likeness (QED) is 0.399. The predicted molar refractivity (Wildman–Crippen MR) is 104 cm³/mol. The van der Waals surface area contributed by atoms with E-state index in [2.05, 4.69) is 5.32 Å². The van der Waals surface area contributed by atoms with Crippen LogP contribution in [0.4, 0.5) is 8.78 Å². The Bertz CT molecular complexity index is 772. The number of hydrogen-bond donors (Lipinski definition) is 1. The van der Waals surface area contributed by atoms with Gasteiger partial charge in [0, 0.05) is 19.9 Å². The van der Waals surface area contributed by atoms with E-state index in [1.807, 2.05) is 6.92 Å². The molecular weight excluding hydrogens is 390 g/mol. The van der Waals surface area contributed by atoms with Crippen LogP contribution in [0.1, 0.15) is 25.5 Å². The molecule has 0 amide bonds. The summed E-state index contributed by atoms with van der Waals surface area (Å²) in [5.41, 5.74) is 1.18. The lowest BCUT2D eigenvalue weighted by Crippen LogP contribution is -2.52. The molecule has 1 aliphatic heterocycles. The molecule has 0 radical (unpaired) electrons. The third-order valence-corrected chi connectivity index (χ3v) is 4.71. The third-order valence-electron chi connectivity index (χ3n) is 4.39. The zero-order valence-corrected chi connectivity index (χ0v) is 17.1. The van der Waals surface area contributed by atoms with Gasteiger partial charge < -0.3 is 24.4 Å². The molecule has 1 aliphatic rings. The van der Waals surface area contributed by atoms with Gasteiger partial charge in [-0.3, -0.25) is 0 Å². The van der Waals surface area contributed by atoms with Gasteiger partial charge >= 0.3 is 5.97 Å². The molecule has 0 aromatic heterocycles. The smallest absolute Gasteiger partial charge is 0.338 e. The van der Waals surface area contributed by atoms with Gasteiger partial charge in [0.15, 0.2) is 16.7 Å². The number of nitrogens with one attached hydrogen (secondary N) is 1. The molecule has 154 valence electrons. The number of esters is 1. The van der Waals surface area contributed by atoms with Gasteiger partial charge in [0.2, 0.25) is 0 Å².